The molecule has 1 atom stereocenters. The number of carboxylic acids is 2. The second-order valence-corrected chi connectivity index (χ2v) is 11.9. The quantitative estimate of drug-likeness (QED) is 0.264. The van der Waals surface area contributed by atoms with Crippen LogP contribution in [0.15, 0.2) is 21.8 Å². The van der Waals surface area contributed by atoms with Gasteiger partial charge in [0.25, 0.3) is 0 Å². The van der Waals surface area contributed by atoms with Crippen molar-refractivity contribution in [3.8, 4) is 0 Å². The van der Waals surface area contributed by atoms with Gasteiger partial charge in [-0.05, 0) is 70.7 Å². The Morgan fingerprint density at radius 3 is 2.05 bits per heavy atom. The van der Waals surface area contributed by atoms with E-state index in [1.54, 1.807) is 0 Å². The zero-order valence-electron chi connectivity index (χ0n) is 25.6. The van der Waals surface area contributed by atoms with Gasteiger partial charge >= 0.3 is 29.0 Å². The molecule has 10 heteroatoms. The summed E-state index contributed by atoms with van der Waals surface area (Å²) in [5.41, 5.74) is 10.2. The van der Waals surface area contributed by atoms with E-state index in [1.165, 1.54) is 0 Å². The van der Waals surface area contributed by atoms with E-state index in [0.29, 0.717) is 34.9 Å². The number of aliphatic imine (C=N–C) groups is 1. The molecule has 8 nitrogen and oxygen atoms in total. The van der Waals surface area contributed by atoms with Gasteiger partial charge in [0.1, 0.15) is 0 Å². The first-order chi connectivity index (χ1) is 20.4. The summed E-state index contributed by atoms with van der Waals surface area (Å²) < 4.78 is 0. The Labute approximate surface area is 272 Å². The number of aliphatic carboxylic acids is 2. The smallest absolute Gasteiger partial charge is 0.657 e. The molecule has 0 saturated heterocycles. The van der Waals surface area contributed by atoms with E-state index >= 15 is 0 Å². The van der Waals surface area contributed by atoms with E-state index in [9.17, 15) is 19.8 Å². The maximum Gasteiger partial charge on any atom is 2.00 e. The number of hydrogen-bond acceptors (Lipinski definition) is 4. The maximum absolute atomic E-state index is 11.5. The van der Waals surface area contributed by atoms with Crippen LogP contribution in [0.1, 0.15) is 78.5 Å². The van der Waals surface area contributed by atoms with Gasteiger partial charge in [-0.3, -0.25) is 9.59 Å². The first kappa shape index (κ1) is 33.2. The molecule has 2 aliphatic heterocycles. The van der Waals surface area contributed by atoms with Crippen molar-refractivity contribution in [1.82, 2.24) is 15.0 Å². The Morgan fingerprint density at radius 1 is 0.818 bits per heavy atom. The number of allylic oxidation sites excluding steroid dienone is 2. The molecule has 3 aromatic rings. The fourth-order valence-electron chi connectivity index (χ4n) is 5.99. The van der Waals surface area contributed by atoms with E-state index in [-0.39, 0.29) is 35.2 Å². The first-order valence-corrected chi connectivity index (χ1v) is 14.9. The van der Waals surface area contributed by atoms with Crippen molar-refractivity contribution in [1.29, 1.82) is 0 Å². The van der Waals surface area contributed by atoms with Crippen LogP contribution in [0.5, 0.6) is 0 Å². The SMILES string of the molecule is C/C=c1\c(C)c2[n-]\c1=C/c1[n-]c(c(CCC(=O)O)c1C)/C=c1\[n-]/c(c(C)c1CCC(=O)O)=C\C1=NC(=C\2)/C([C@H](C)S)=C1C.[Fe+2]. The molecule has 0 fully saturated rings. The average Bonchev–Trinajstić information content (AvgIpc) is 3.59. The van der Waals surface area contributed by atoms with Crippen LogP contribution in [-0.2, 0) is 39.5 Å². The molecule has 0 saturated carbocycles. The monoisotopic (exact) mass is 651 g/mol. The summed E-state index contributed by atoms with van der Waals surface area (Å²) in [6, 6.07) is 0. The number of carbonyl (C=O) groups is 2. The molecule has 0 unspecified atom stereocenters. The molecule has 0 aliphatic carbocycles. The fraction of sp³-hybridized carbons (Fsp3) is 0.324. The van der Waals surface area contributed by atoms with E-state index in [0.717, 1.165) is 66.6 Å². The third-order valence-electron chi connectivity index (χ3n) is 8.36. The number of aromatic nitrogens is 3. The zero-order valence-corrected chi connectivity index (χ0v) is 27.6. The fourth-order valence-corrected chi connectivity index (χ4v) is 6.32. The molecule has 0 radical (unpaired) electrons. The summed E-state index contributed by atoms with van der Waals surface area (Å²) in [5, 5.41) is 22.0. The summed E-state index contributed by atoms with van der Waals surface area (Å²) in [4.78, 5) is 43.0. The molecule has 44 heavy (non-hydrogen) atoms. The van der Waals surface area contributed by atoms with Gasteiger partial charge in [0, 0.05) is 18.1 Å². The molecule has 0 aromatic carbocycles. The Morgan fingerprint density at radius 2 is 1.43 bits per heavy atom. The zero-order chi connectivity index (χ0) is 31.2. The predicted molar refractivity (Wildman–Crippen MR) is 172 cm³/mol. The summed E-state index contributed by atoms with van der Waals surface area (Å²) in [6.07, 6.45) is 10.3. The standard InChI is InChI=1S/C34H37N4O4S.Fe/c1-7-21-16(2)26-14-31-34(20(6)43)19(5)27(38-31)12-24-17(3)22(8-10-32(39)40)29(36-24)15-30-23(9-11-33(41)42)18(4)25(37-30)13-28(21)35-26;/h7,12-15,20H,8-11H2,1-6H3,(H5-,35,36,37,38,39,40,41,42,43);/q-1;+2/p-2/b21-7+,31-14-;/t20-;/m0./s1. The predicted octanol–water partition coefficient (Wildman–Crippen LogP) is 2.20. The van der Waals surface area contributed by atoms with Crippen molar-refractivity contribution in [3.05, 3.63) is 83.0 Å². The molecule has 3 aromatic heterocycles. The Kier molecular flexibility index (Phi) is 9.88. The number of rotatable bonds is 7. The van der Waals surface area contributed by atoms with E-state index in [1.807, 2.05) is 71.9 Å². The van der Waals surface area contributed by atoms with Crippen LogP contribution in [0.4, 0.5) is 0 Å². The summed E-state index contributed by atoms with van der Waals surface area (Å²) in [5.74, 6) is -1.78. The summed E-state index contributed by atoms with van der Waals surface area (Å²) >= 11 is 4.78. The second kappa shape index (κ2) is 13.1. The molecule has 2 aliphatic rings. The third-order valence-corrected chi connectivity index (χ3v) is 8.62. The van der Waals surface area contributed by atoms with Crippen LogP contribution < -0.4 is 36.2 Å². The van der Waals surface area contributed by atoms with Gasteiger partial charge in [-0.2, -0.15) is 12.6 Å². The van der Waals surface area contributed by atoms with E-state index in [4.69, 9.17) is 32.6 Å². The molecular weight excluding hydrogens is 616 g/mol. The second-order valence-electron chi connectivity index (χ2n) is 11.1. The van der Waals surface area contributed by atoms with Crippen LogP contribution in [0.2, 0.25) is 0 Å². The molecular formula is C34H35FeN4O4S-. The van der Waals surface area contributed by atoms with Gasteiger partial charge < -0.3 is 25.2 Å². The first-order valence-electron chi connectivity index (χ1n) is 14.4. The van der Waals surface area contributed by atoms with Crippen LogP contribution in [0.3, 0.4) is 0 Å². The van der Waals surface area contributed by atoms with Crippen LogP contribution in [0, 0.1) is 20.8 Å². The molecule has 2 N–H and O–H groups in total. The van der Waals surface area contributed by atoms with Crippen LogP contribution in [-0.4, -0.2) is 33.1 Å². The molecule has 5 rings (SSSR count). The van der Waals surface area contributed by atoms with Gasteiger partial charge in [0.2, 0.25) is 0 Å². The number of hydrogen-bond donors (Lipinski definition) is 3. The van der Waals surface area contributed by atoms with Crippen molar-refractivity contribution < 1.29 is 36.9 Å². The maximum atomic E-state index is 11.5. The largest absolute Gasteiger partial charge is 2.00 e. The minimum absolute atomic E-state index is 0. The third kappa shape index (κ3) is 6.25. The van der Waals surface area contributed by atoms with Crippen molar-refractivity contribution in [2.75, 3.05) is 0 Å². The molecule has 230 valence electrons. The van der Waals surface area contributed by atoms with Gasteiger partial charge in [0.05, 0.1) is 11.4 Å². The average molecular weight is 652 g/mol. The van der Waals surface area contributed by atoms with Crippen LogP contribution >= 0.6 is 12.6 Å². The summed E-state index contributed by atoms with van der Waals surface area (Å²) in [6.45, 7) is 12.0. The van der Waals surface area contributed by atoms with Gasteiger partial charge in [-0.1, -0.05) is 58.2 Å². The molecule has 8 bridgehead atoms. The van der Waals surface area contributed by atoms with Crippen LogP contribution in [0.25, 0.3) is 30.4 Å². The normalized spacial score (nSPS) is 18.6. The van der Waals surface area contributed by atoms with Gasteiger partial charge in [-0.15, -0.1) is 33.1 Å². The van der Waals surface area contributed by atoms with Crippen molar-refractivity contribution in [2.45, 2.75) is 72.5 Å². The molecule has 5 heterocycles. The number of nitrogens with zero attached hydrogens (tertiary/aromatic N) is 4. The number of thiol groups is 1. The van der Waals surface area contributed by atoms with Gasteiger partial charge in [-0.25, -0.2) is 4.99 Å². The van der Waals surface area contributed by atoms with Gasteiger partial charge in [0.15, 0.2) is 0 Å². The van der Waals surface area contributed by atoms with Crippen molar-refractivity contribution in [3.63, 3.8) is 0 Å². The van der Waals surface area contributed by atoms with Crippen molar-refractivity contribution >= 4 is 60.7 Å². The Balaban J connectivity index is 0.00000442. The Bertz CT molecular complexity index is 2020. The number of fused-ring (bicyclic) bond motifs is 7. The van der Waals surface area contributed by atoms with E-state index in [2.05, 4.69) is 0 Å². The molecule has 0 amide bonds. The minimum Gasteiger partial charge on any atom is -0.657 e. The van der Waals surface area contributed by atoms with E-state index < -0.39 is 11.9 Å². The number of carboxylic acid groups (broad SMARTS) is 2. The molecule has 0 spiro atoms. The minimum atomic E-state index is -0.891. The summed E-state index contributed by atoms with van der Waals surface area (Å²) in [7, 11) is 0. The topological polar surface area (TPSA) is 129 Å². The Hall–Kier alpha value is -3.72. The van der Waals surface area contributed by atoms with Crippen molar-refractivity contribution in [2.24, 2.45) is 4.99 Å².